The molecule has 0 bridgehead atoms. The van der Waals surface area contributed by atoms with Crippen LogP contribution in [-0.4, -0.2) is 55.3 Å². The van der Waals surface area contributed by atoms with Gasteiger partial charge in [-0.15, -0.1) is 0 Å². The van der Waals surface area contributed by atoms with Crippen LogP contribution in [0.1, 0.15) is 58.8 Å². The van der Waals surface area contributed by atoms with Gasteiger partial charge in [0.25, 0.3) is 0 Å². The van der Waals surface area contributed by atoms with E-state index in [2.05, 4.69) is 43.2 Å². The molecule has 26 heavy (non-hydrogen) atoms. The Kier molecular flexibility index (Phi) is 11.8. The van der Waals surface area contributed by atoms with Crippen molar-refractivity contribution < 1.29 is 9.52 Å². The predicted molar refractivity (Wildman–Crippen MR) is 108 cm³/mol. The quantitative estimate of drug-likeness (QED) is 0.370. The lowest BCUT2D eigenvalue weighted by Gasteiger charge is -2.29. The lowest BCUT2D eigenvalue weighted by Crippen LogP contribution is -2.43. The molecule has 0 amide bonds. The van der Waals surface area contributed by atoms with Crippen molar-refractivity contribution >= 4 is 5.96 Å². The molecule has 0 aliphatic rings. The van der Waals surface area contributed by atoms with Crippen LogP contribution in [-0.2, 0) is 0 Å². The first-order valence-electron chi connectivity index (χ1n) is 10.1. The zero-order chi connectivity index (χ0) is 19.2. The van der Waals surface area contributed by atoms with Gasteiger partial charge >= 0.3 is 0 Å². The number of hydrogen-bond acceptors (Lipinski definition) is 4. The van der Waals surface area contributed by atoms with E-state index in [0.29, 0.717) is 5.92 Å². The van der Waals surface area contributed by atoms with Crippen LogP contribution in [0.2, 0.25) is 0 Å². The number of nitrogens with one attached hydrogen (secondary N) is 2. The second-order valence-electron chi connectivity index (χ2n) is 6.52. The first-order valence-corrected chi connectivity index (χ1v) is 10.1. The van der Waals surface area contributed by atoms with Gasteiger partial charge in [-0.1, -0.05) is 27.2 Å². The smallest absolute Gasteiger partial charge is 0.191 e. The van der Waals surface area contributed by atoms with Gasteiger partial charge in [0.05, 0.1) is 12.3 Å². The Balaban J connectivity index is 2.75. The maximum Gasteiger partial charge on any atom is 0.191 e. The Morgan fingerprint density at radius 3 is 2.50 bits per heavy atom. The van der Waals surface area contributed by atoms with E-state index in [1.54, 1.807) is 6.26 Å². The molecule has 150 valence electrons. The molecule has 0 aliphatic carbocycles. The van der Waals surface area contributed by atoms with Crippen molar-refractivity contribution in [2.45, 2.75) is 53.0 Å². The van der Waals surface area contributed by atoms with Crippen molar-refractivity contribution in [2.24, 2.45) is 10.9 Å². The summed E-state index contributed by atoms with van der Waals surface area (Å²) < 4.78 is 5.66. The van der Waals surface area contributed by atoms with Crippen molar-refractivity contribution in [1.82, 2.24) is 15.5 Å². The summed E-state index contributed by atoms with van der Waals surface area (Å²) in [6, 6.07) is 4.15. The molecule has 0 aliphatic heterocycles. The van der Waals surface area contributed by atoms with Crippen molar-refractivity contribution in [3.63, 3.8) is 0 Å². The monoisotopic (exact) mass is 366 g/mol. The second kappa shape index (κ2) is 13.6. The Labute approximate surface area is 159 Å². The molecule has 0 saturated heterocycles. The highest BCUT2D eigenvalue weighted by Gasteiger charge is 2.20. The predicted octanol–water partition coefficient (Wildman–Crippen LogP) is 3.02. The van der Waals surface area contributed by atoms with E-state index < -0.39 is 0 Å². The number of hydrogen-bond donors (Lipinski definition) is 3. The van der Waals surface area contributed by atoms with Crippen LogP contribution in [0.3, 0.4) is 0 Å². The van der Waals surface area contributed by atoms with E-state index in [1.165, 1.54) is 0 Å². The Hall–Kier alpha value is -1.53. The average molecular weight is 367 g/mol. The summed E-state index contributed by atoms with van der Waals surface area (Å²) in [5.74, 6) is 2.24. The maximum atomic E-state index is 9.23. The summed E-state index contributed by atoms with van der Waals surface area (Å²) in [4.78, 5) is 7.13. The van der Waals surface area contributed by atoms with Crippen LogP contribution in [0.4, 0.5) is 0 Å². The fraction of sp³-hybridized carbons (Fsp3) is 0.750. The Morgan fingerprint density at radius 2 is 1.96 bits per heavy atom. The average Bonchev–Trinajstić information content (AvgIpc) is 3.17. The molecule has 6 heteroatoms. The molecule has 0 radical (unpaired) electrons. The molecule has 6 nitrogen and oxygen atoms in total. The zero-order valence-electron chi connectivity index (χ0n) is 17.0. The molecule has 1 aromatic heterocycles. The summed E-state index contributed by atoms with van der Waals surface area (Å²) in [5.41, 5.74) is 0. The van der Waals surface area contributed by atoms with Gasteiger partial charge in [-0.2, -0.15) is 0 Å². The topological polar surface area (TPSA) is 73.0 Å². The van der Waals surface area contributed by atoms with Crippen molar-refractivity contribution in [3.05, 3.63) is 24.2 Å². The molecule has 3 N–H and O–H groups in total. The lowest BCUT2D eigenvalue weighted by atomic mass is 10.0. The maximum absolute atomic E-state index is 9.23. The van der Waals surface area contributed by atoms with Gasteiger partial charge in [-0.25, -0.2) is 0 Å². The van der Waals surface area contributed by atoms with E-state index in [9.17, 15) is 5.11 Å². The number of likely N-dealkylation sites (N-methyl/N-ethyl adjacent to an activating group) is 1. The van der Waals surface area contributed by atoms with Gasteiger partial charge in [0.2, 0.25) is 0 Å². The largest absolute Gasteiger partial charge is 0.468 e. The van der Waals surface area contributed by atoms with Gasteiger partial charge in [0.15, 0.2) is 5.96 Å². The van der Waals surface area contributed by atoms with Crippen molar-refractivity contribution in [3.8, 4) is 0 Å². The summed E-state index contributed by atoms with van der Waals surface area (Å²) in [6.45, 7) is 13.0. The fourth-order valence-corrected chi connectivity index (χ4v) is 3.23. The summed E-state index contributed by atoms with van der Waals surface area (Å²) >= 11 is 0. The van der Waals surface area contributed by atoms with Gasteiger partial charge in [0, 0.05) is 26.2 Å². The van der Waals surface area contributed by atoms with Crippen molar-refractivity contribution in [1.29, 1.82) is 0 Å². The third-order valence-corrected chi connectivity index (χ3v) is 4.67. The molecule has 2 atom stereocenters. The summed E-state index contributed by atoms with van der Waals surface area (Å²) in [6.07, 6.45) is 4.76. The van der Waals surface area contributed by atoms with Crippen LogP contribution >= 0.6 is 0 Å². The summed E-state index contributed by atoms with van der Waals surface area (Å²) in [7, 11) is 0. The Morgan fingerprint density at radius 1 is 1.19 bits per heavy atom. The molecular weight excluding hydrogens is 328 g/mol. The number of nitrogens with zero attached hydrogens (tertiary/aromatic N) is 2. The van der Waals surface area contributed by atoms with Crippen LogP contribution in [0.5, 0.6) is 0 Å². The minimum absolute atomic E-state index is 0.174. The van der Waals surface area contributed by atoms with Crippen LogP contribution in [0.25, 0.3) is 0 Å². The van der Waals surface area contributed by atoms with Crippen molar-refractivity contribution in [2.75, 3.05) is 39.3 Å². The fourth-order valence-electron chi connectivity index (χ4n) is 3.23. The van der Waals surface area contributed by atoms with Crippen LogP contribution < -0.4 is 10.6 Å². The second-order valence-corrected chi connectivity index (χ2v) is 6.52. The third-order valence-electron chi connectivity index (χ3n) is 4.67. The molecule has 0 aromatic carbocycles. The van der Waals surface area contributed by atoms with E-state index in [4.69, 9.17) is 9.41 Å². The minimum atomic E-state index is 0.174. The first kappa shape index (κ1) is 22.5. The number of rotatable bonds is 13. The highest BCUT2D eigenvalue weighted by Crippen LogP contribution is 2.20. The molecule has 0 fully saturated rings. The lowest BCUT2D eigenvalue weighted by molar-refractivity contribution is 0.193. The molecule has 0 saturated carbocycles. The van der Waals surface area contributed by atoms with Gasteiger partial charge < -0.3 is 20.2 Å². The molecule has 1 heterocycles. The van der Waals surface area contributed by atoms with E-state index >= 15 is 0 Å². The first-order chi connectivity index (χ1) is 12.7. The number of aliphatic imine (C=N–C) groups is 1. The number of aliphatic hydroxyl groups is 1. The van der Waals surface area contributed by atoms with E-state index in [0.717, 1.165) is 63.7 Å². The number of guanidine groups is 1. The van der Waals surface area contributed by atoms with E-state index in [-0.39, 0.29) is 12.6 Å². The molecule has 0 spiro atoms. The molecule has 2 unspecified atom stereocenters. The molecule has 1 rings (SSSR count). The molecular formula is C20H38N4O2. The van der Waals surface area contributed by atoms with Gasteiger partial charge in [0.1, 0.15) is 5.76 Å². The van der Waals surface area contributed by atoms with Gasteiger partial charge in [-0.3, -0.25) is 9.89 Å². The summed E-state index contributed by atoms with van der Waals surface area (Å²) in [5, 5.41) is 16.0. The highest BCUT2D eigenvalue weighted by atomic mass is 16.3. The van der Waals surface area contributed by atoms with Gasteiger partial charge in [-0.05, 0) is 50.9 Å². The third kappa shape index (κ3) is 7.79. The Bertz CT molecular complexity index is 466. The highest BCUT2D eigenvalue weighted by molar-refractivity contribution is 5.79. The number of furan rings is 1. The minimum Gasteiger partial charge on any atom is -0.468 e. The van der Waals surface area contributed by atoms with Crippen LogP contribution in [0, 0.1) is 5.92 Å². The SMILES string of the molecule is CCCC(CCO)CN=C(NCC)NCC(c1ccco1)N(CC)CC. The van der Waals surface area contributed by atoms with E-state index in [1.807, 2.05) is 12.1 Å². The molecule has 1 aromatic rings. The zero-order valence-corrected chi connectivity index (χ0v) is 17.0. The van der Waals surface area contributed by atoms with Crippen LogP contribution in [0.15, 0.2) is 27.8 Å². The normalized spacial score (nSPS) is 14.5. The standard InChI is InChI=1S/C20H38N4O2/c1-5-10-17(12-13-25)15-22-20(21-6-2)23-16-18(24(7-3)8-4)19-11-9-14-26-19/h9,11,14,17-18,25H,5-8,10,12-13,15-16H2,1-4H3,(H2,21,22,23). The number of aliphatic hydroxyl groups excluding tert-OH is 1.